The maximum atomic E-state index is 10.5. The molecule has 0 radical (unpaired) electrons. The molecule has 86 valence electrons. The van der Waals surface area contributed by atoms with E-state index in [-0.39, 0.29) is 5.69 Å². The van der Waals surface area contributed by atoms with Crippen LogP contribution >= 0.6 is 0 Å². The number of nitro benzene ring substituents is 1. The molecule has 0 fully saturated rings. The second kappa shape index (κ2) is 4.86. The molecule has 0 saturated heterocycles. The molecule has 0 amide bonds. The maximum Gasteiger partial charge on any atom is 0.269 e. The van der Waals surface area contributed by atoms with Gasteiger partial charge in [-0.3, -0.25) is 14.7 Å². The summed E-state index contributed by atoms with van der Waals surface area (Å²) in [6.07, 6.45) is 8.43. The predicted molar refractivity (Wildman–Crippen MR) is 65.5 cm³/mol. The Kier molecular flexibility index (Phi) is 3.08. The minimum atomic E-state index is -0.456. The van der Waals surface area contributed by atoms with Gasteiger partial charge in [0.1, 0.15) is 0 Å². The summed E-state index contributed by atoms with van der Waals surface area (Å²) in [5.41, 5.74) is 0.692. The lowest BCUT2D eigenvalue weighted by molar-refractivity contribution is -0.384. The Morgan fingerprint density at radius 1 is 1.28 bits per heavy atom. The summed E-state index contributed by atoms with van der Waals surface area (Å²) in [5.74, 6) is 6.09. The molecule has 0 aliphatic carbocycles. The Labute approximate surface area is 103 Å². The van der Waals surface area contributed by atoms with Crippen LogP contribution in [0.4, 0.5) is 5.69 Å². The molecule has 0 atom stereocenters. The van der Waals surface area contributed by atoms with Gasteiger partial charge in [-0.1, -0.05) is 12.3 Å². The van der Waals surface area contributed by atoms with Crippen molar-refractivity contribution in [3.05, 3.63) is 58.2 Å². The quantitative estimate of drug-likeness (QED) is 0.430. The first-order valence-corrected chi connectivity index (χ1v) is 4.97. The second-order valence-electron chi connectivity index (χ2n) is 3.30. The number of imidazole rings is 1. The number of aromatic nitrogens is 2. The molecule has 0 aliphatic heterocycles. The molecule has 0 saturated carbocycles. The predicted octanol–water partition coefficient (Wildman–Crippen LogP) is 1.63. The highest BCUT2D eigenvalue weighted by Crippen LogP contribution is 2.11. The van der Waals surface area contributed by atoms with Crippen molar-refractivity contribution >= 4 is 5.69 Å². The molecular weight excluding hydrogens is 230 g/mol. The third kappa shape index (κ3) is 2.37. The summed E-state index contributed by atoms with van der Waals surface area (Å²) in [4.78, 5) is 14.0. The standard InChI is InChI=1S/C13H7N3O2/c1-2-15-10-9-14-13(15)8-5-11-3-6-12(7-4-11)16(17)18/h1,3-4,6-7,9-10H. The third-order valence-corrected chi connectivity index (χ3v) is 2.18. The van der Waals surface area contributed by atoms with Crippen molar-refractivity contribution in [2.75, 3.05) is 0 Å². The summed E-state index contributed by atoms with van der Waals surface area (Å²) in [6.45, 7) is 0. The van der Waals surface area contributed by atoms with Gasteiger partial charge in [-0.25, -0.2) is 4.98 Å². The average Bonchev–Trinajstić information content (AvgIpc) is 2.84. The number of non-ortho nitro benzene ring substituents is 1. The molecule has 5 heteroatoms. The van der Waals surface area contributed by atoms with Crippen LogP contribution in [-0.4, -0.2) is 14.5 Å². The number of nitrogens with zero attached hydrogens (tertiary/aromatic N) is 3. The van der Waals surface area contributed by atoms with Gasteiger partial charge in [-0.05, 0) is 18.1 Å². The molecule has 2 aromatic rings. The third-order valence-electron chi connectivity index (χ3n) is 2.18. The van der Waals surface area contributed by atoms with Crippen LogP contribution in [0.5, 0.6) is 0 Å². The minimum Gasteiger partial charge on any atom is -0.258 e. The van der Waals surface area contributed by atoms with Crippen LogP contribution < -0.4 is 0 Å². The largest absolute Gasteiger partial charge is 0.269 e. The topological polar surface area (TPSA) is 61.0 Å². The summed E-state index contributed by atoms with van der Waals surface area (Å²) in [6, 6.07) is 8.35. The first-order chi connectivity index (χ1) is 8.70. The SMILES string of the molecule is C#Cn1ccnc1C#Cc1ccc([N+](=O)[O-])cc1. The van der Waals surface area contributed by atoms with Crippen molar-refractivity contribution in [2.45, 2.75) is 0 Å². The van der Waals surface area contributed by atoms with Crippen molar-refractivity contribution in [3.63, 3.8) is 0 Å². The van der Waals surface area contributed by atoms with Crippen molar-refractivity contribution in [1.82, 2.24) is 9.55 Å². The molecule has 0 unspecified atom stereocenters. The van der Waals surface area contributed by atoms with E-state index in [1.807, 2.05) is 0 Å². The first kappa shape index (κ1) is 11.4. The van der Waals surface area contributed by atoms with Crippen molar-refractivity contribution in [2.24, 2.45) is 0 Å². The fourth-order valence-corrected chi connectivity index (χ4v) is 1.29. The lowest BCUT2D eigenvalue weighted by Gasteiger charge is -1.91. The van der Waals surface area contributed by atoms with Crippen LogP contribution in [0.3, 0.4) is 0 Å². The smallest absolute Gasteiger partial charge is 0.258 e. The Balaban J connectivity index is 2.26. The van der Waals surface area contributed by atoms with E-state index in [9.17, 15) is 10.1 Å². The maximum absolute atomic E-state index is 10.5. The van der Waals surface area contributed by atoms with Gasteiger partial charge >= 0.3 is 0 Å². The zero-order valence-corrected chi connectivity index (χ0v) is 9.20. The highest BCUT2D eigenvalue weighted by molar-refractivity contribution is 5.43. The van der Waals surface area contributed by atoms with E-state index in [4.69, 9.17) is 6.42 Å². The van der Waals surface area contributed by atoms with Gasteiger partial charge in [-0.15, -0.1) is 0 Å². The summed E-state index contributed by atoms with van der Waals surface area (Å²) in [5, 5.41) is 10.5. The summed E-state index contributed by atoms with van der Waals surface area (Å²) in [7, 11) is 0. The molecule has 0 aliphatic rings. The van der Waals surface area contributed by atoms with Crippen LogP contribution in [0.1, 0.15) is 11.4 Å². The molecular formula is C13H7N3O2. The first-order valence-electron chi connectivity index (χ1n) is 4.97. The zero-order valence-electron chi connectivity index (χ0n) is 9.20. The Hall–Kier alpha value is -3.05. The van der Waals surface area contributed by atoms with Crippen molar-refractivity contribution in [1.29, 1.82) is 0 Å². The number of rotatable bonds is 1. The molecule has 0 N–H and O–H groups in total. The van der Waals surface area contributed by atoms with Gasteiger partial charge < -0.3 is 0 Å². The summed E-state index contributed by atoms with van der Waals surface area (Å²) < 4.78 is 1.46. The fourth-order valence-electron chi connectivity index (χ4n) is 1.29. The van der Waals surface area contributed by atoms with Gasteiger partial charge in [0.2, 0.25) is 0 Å². The van der Waals surface area contributed by atoms with E-state index in [0.717, 1.165) is 0 Å². The molecule has 18 heavy (non-hydrogen) atoms. The van der Waals surface area contributed by atoms with Crippen LogP contribution in [0, 0.1) is 34.4 Å². The average molecular weight is 237 g/mol. The molecule has 2 rings (SSSR count). The van der Waals surface area contributed by atoms with Crippen LogP contribution in [0.2, 0.25) is 0 Å². The van der Waals surface area contributed by atoms with E-state index in [1.54, 1.807) is 24.5 Å². The minimum absolute atomic E-state index is 0.0330. The molecule has 1 aromatic carbocycles. The van der Waals surface area contributed by atoms with Crippen LogP contribution in [0.15, 0.2) is 36.7 Å². The van der Waals surface area contributed by atoms with Gasteiger partial charge in [0.25, 0.3) is 5.69 Å². The molecule has 1 aromatic heterocycles. The molecule has 5 nitrogen and oxygen atoms in total. The van der Waals surface area contributed by atoms with Crippen LogP contribution in [0.25, 0.3) is 0 Å². The van der Waals surface area contributed by atoms with Gasteiger partial charge in [0.15, 0.2) is 5.82 Å². The van der Waals surface area contributed by atoms with Crippen LogP contribution in [-0.2, 0) is 0 Å². The molecule has 0 spiro atoms. The molecule has 1 heterocycles. The van der Waals surface area contributed by atoms with Gasteiger partial charge in [-0.2, -0.15) is 0 Å². The zero-order chi connectivity index (χ0) is 13.0. The van der Waals surface area contributed by atoms with Gasteiger partial charge in [0, 0.05) is 36.1 Å². The van der Waals surface area contributed by atoms with E-state index in [2.05, 4.69) is 22.9 Å². The Bertz CT molecular complexity index is 682. The lowest BCUT2D eigenvalue weighted by Crippen LogP contribution is -1.91. The van der Waals surface area contributed by atoms with E-state index in [1.165, 1.54) is 16.7 Å². The Morgan fingerprint density at radius 3 is 2.61 bits per heavy atom. The van der Waals surface area contributed by atoms with Gasteiger partial charge in [0.05, 0.1) is 4.92 Å². The number of benzene rings is 1. The Morgan fingerprint density at radius 2 is 2.00 bits per heavy atom. The highest BCUT2D eigenvalue weighted by atomic mass is 16.6. The van der Waals surface area contributed by atoms with Crippen molar-refractivity contribution in [3.8, 4) is 24.3 Å². The highest BCUT2D eigenvalue weighted by Gasteiger charge is 2.02. The normalized spacial score (nSPS) is 9.06. The number of hydrogen-bond acceptors (Lipinski definition) is 3. The van der Waals surface area contributed by atoms with E-state index < -0.39 is 4.92 Å². The van der Waals surface area contributed by atoms with E-state index >= 15 is 0 Å². The fraction of sp³-hybridized carbons (Fsp3) is 0. The van der Waals surface area contributed by atoms with E-state index in [0.29, 0.717) is 11.4 Å². The van der Waals surface area contributed by atoms with Crippen molar-refractivity contribution < 1.29 is 4.92 Å². The molecule has 0 bridgehead atoms. The summed E-state index contributed by atoms with van der Waals surface area (Å²) >= 11 is 0. The lowest BCUT2D eigenvalue weighted by atomic mass is 10.2. The second-order valence-corrected chi connectivity index (χ2v) is 3.30. The number of hydrogen-bond donors (Lipinski definition) is 0. The number of terminal acetylenes is 1. The number of nitro groups is 1. The monoisotopic (exact) mass is 237 g/mol.